The summed E-state index contributed by atoms with van der Waals surface area (Å²) in [6, 6.07) is 0. The maximum absolute atomic E-state index is 5.18. The third-order valence-electron chi connectivity index (χ3n) is 2.61. The molecule has 0 rings (SSSR count). The molecule has 0 amide bonds. The third-order valence-corrected chi connectivity index (χ3v) is 2.83. The van der Waals surface area contributed by atoms with Gasteiger partial charge in [0.15, 0.2) is 6.29 Å². The van der Waals surface area contributed by atoms with Crippen LogP contribution in [0.3, 0.4) is 0 Å². The molecule has 0 radical (unpaired) electrons. The average molecular weight is 234 g/mol. The summed E-state index contributed by atoms with van der Waals surface area (Å²) in [7, 11) is 3.38. The van der Waals surface area contributed by atoms with Crippen molar-refractivity contribution in [2.24, 2.45) is 5.92 Å². The Bertz CT molecular complexity index is 150. The Hall–Kier alpha value is 0.270. The quantitative estimate of drug-likeness (QED) is 0.512. The first kappa shape index (κ1) is 15.3. The van der Waals surface area contributed by atoms with Crippen molar-refractivity contribution in [3.8, 4) is 0 Å². The molecule has 0 aromatic heterocycles. The summed E-state index contributed by atoms with van der Waals surface area (Å²) >= 11 is 4.51. The summed E-state index contributed by atoms with van der Waals surface area (Å²) in [5, 5.41) is 0. The summed E-state index contributed by atoms with van der Waals surface area (Å²) in [6.45, 7) is 6.57. The Labute approximate surface area is 100 Å². The van der Waals surface area contributed by atoms with Crippen LogP contribution in [0.1, 0.15) is 46.5 Å². The summed E-state index contributed by atoms with van der Waals surface area (Å²) in [5.41, 5.74) is 0. The Morgan fingerprint density at radius 1 is 1.20 bits per heavy atom. The molecule has 0 bridgehead atoms. The Morgan fingerprint density at radius 2 is 1.73 bits per heavy atom. The molecule has 0 saturated carbocycles. The molecular weight excluding hydrogens is 208 g/mol. The minimum absolute atomic E-state index is 0.0518. The molecule has 0 N–H and O–H groups in total. The van der Waals surface area contributed by atoms with Gasteiger partial charge < -0.3 is 9.47 Å². The van der Waals surface area contributed by atoms with E-state index in [2.05, 4.69) is 33.4 Å². The monoisotopic (exact) mass is 234 g/mol. The zero-order valence-electron chi connectivity index (χ0n) is 10.7. The van der Waals surface area contributed by atoms with E-state index < -0.39 is 0 Å². The molecular formula is C12H26O2S. The molecule has 0 saturated heterocycles. The second-order valence-corrected chi connectivity index (χ2v) is 6.16. The van der Waals surface area contributed by atoms with E-state index in [1.165, 1.54) is 12.8 Å². The van der Waals surface area contributed by atoms with Gasteiger partial charge >= 0.3 is 0 Å². The molecule has 1 atom stereocenters. The molecule has 0 aliphatic rings. The van der Waals surface area contributed by atoms with Gasteiger partial charge in [0, 0.05) is 25.4 Å². The lowest BCUT2D eigenvalue weighted by atomic mass is 9.97. The minimum atomic E-state index is -0.0518. The summed E-state index contributed by atoms with van der Waals surface area (Å²) in [4.78, 5) is 0. The molecule has 3 heteroatoms. The fourth-order valence-corrected chi connectivity index (χ4v) is 1.78. The van der Waals surface area contributed by atoms with Crippen molar-refractivity contribution < 1.29 is 9.47 Å². The van der Waals surface area contributed by atoms with E-state index in [0.29, 0.717) is 5.92 Å². The molecule has 0 aromatic carbocycles. The minimum Gasteiger partial charge on any atom is -0.356 e. The van der Waals surface area contributed by atoms with Gasteiger partial charge in [-0.15, -0.1) is 0 Å². The van der Waals surface area contributed by atoms with E-state index in [9.17, 15) is 0 Å². The highest BCUT2D eigenvalue weighted by molar-refractivity contribution is 7.81. The zero-order chi connectivity index (χ0) is 11.9. The number of thiol groups is 1. The first-order valence-corrected chi connectivity index (χ1v) is 6.11. The Balaban J connectivity index is 3.61. The first-order chi connectivity index (χ1) is 6.89. The van der Waals surface area contributed by atoms with Crippen LogP contribution < -0.4 is 0 Å². The maximum Gasteiger partial charge on any atom is 0.157 e. The van der Waals surface area contributed by atoms with Crippen molar-refractivity contribution in [1.82, 2.24) is 0 Å². The van der Waals surface area contributed by atoms with Crippen LogP contribution in [-0.4, -0.2) is 25.3 Å². The zero-order valence-corrected chi connectivity index (χ0v) is 11.6. The molecule has 2 nitrogen and oxygen atoms in total. The van der Waals surface area contributed by atoms with E-state index in [1.54, 1.807) is 14.2 Å². The summed E-state index contributed by atoms with van der Waals surface area (Å²) < 4.78 is 10.5. The van der Waals surface area contributed by atoms with Crippen LogP contribution in [0.5, 0.6) is 0 Å². The van der Waals surface area contributed by atoms with E-state index in [4.69, 9.17) is 9.47 Å². The van der Waals surface area contributed by atoms with Crippen LogP contribution in [0.25, 0.3) is 0 Å². The van der Waals surface area contributed by atoms with Crippen molar-refractivity contribution in [2.45, 2.75) is 57.5 Å². The highest BCUT2D eigenvalue weighted by atomic mass is 32.1. The van der Waals surface area contributed by atoms with E-state index >= 15 is 0 Å². The Morgan fingerprint density at radius 3 is 2.13 bits per heavy atom. The van der Waals surface area contributed by atoms with E-state index in [-0.39, 0.29) is 11.0 Å². The van der Waals surface area contributed by atoms with Crippen molar-refractivity contribution in [3.63, 3.8) is 0 Å². The average Bonchev–Trinajstić information content (AvgIpc) is 2.12. The number of rotatable bonds is 8. The highest BCUT2D eigenvalue weighted by Gasteiger charge is 2.14. The van der Waals surface area contributed by atoms with Crippen LogP contribution in [0, 0.1) is 5.92 Å². The molecule has 0 fully saturated rings. The highest BCUT2D eigenvalue weighted by Crippen LogP contribution is 2.23. The third kappa shape index (κ3) is 9.21. The van der Waals surface area contributed by atoms with Gasteiger partial charge in [0.25, 0.3) is 0 Å². The van der Waals surface area contributed by atoms with Crippen molar-refractivity contribution in [1.29, 1.82) is 0 Å². The van der Waals surface area contributed by atoms with Gasteiger partial charge in [-0.2, -0.15) is 12.6 Å². The normalized spacial score (nSPS) is 14.6. The number of ether oxygens (including phenoxy) is 2. The number of methoxy groups -OCH3 is 2. The van der Waals surface area contributed by atoms with Crippen molar-refractivity contribution in [2.75, 3.05) is 14.2 Å². The SMILES string of the molecule is COC(CC(C)CCCC(C)(C)S)OC. The maximum atomic E-state index is 5.18. The van der Waals surface area contributed by atoms with Gasteiger partial charge in [0.05, 0.1) is 0 Å². The fraction of sp³-hybridized carbons (Fsp3) is 1.00. The van der Waals surface area contributed by atoms with Gasteiger partial charge in [-0.3, -0.25) is 0 Å². The van der Waals surface area contributed by atoms with Crippen LogP contribution >= 0.6 is 12.6 Å². The van der Waals surface area contributed by atoms with Gasteiger partial charge in [-0.1, -0.05) is 33.6 Å². The van der Waals surface area contributed by atoms with Crippen LogP contribution in [0.4, 0.5) is 0 Å². The van der Waals surface area contributed by atoms with Crippen molar-refractivity contribution in [3.05, 3.63) is 0 Å². The van der Waals surface area contributed by atoms with Crippen LogP contribution in [0.15, 0.2) is 0 Å². The molecule has 0 aromatic rings. The molecule has 92 valence electrons. The molecule has 1 unspecified atom stereocenters. The first-order valence-electron chi connectivity index (χ1n) is 5.67. The predicted molar refractivity (Wildman–Crippen MR) is 68.5 cm³/mol. The van der Waals surface area contributed by atoms with Gasteiger partial charge in [0.1, 0.15) is 0 Å². The van der Waals surface area contributed by atoms with Crippen molar-refractivity contribution >= 4 is 12.6 Å². The second-order valence-electron chi connectivity index (χ2n) is 4.95. The van der Waals surface area contributed by atoms with E-state index in [1.807, 2.05) is 0 Å². The Kier molecular flexibility index (Phi) is 7.66. The second kappa shape index (κ2) is 7.53. The van der Waals surface area contributed by atoms with Crippen LogP contribution in [-0.2, 0) is 9.47 Å². The molecule has 0 aliphatic carbocycles. The number of hydrogen-bond donors (Lipinski definition) is 1. The summed E-state index contributed by atoms with van der Waals surface area (Å²) in [5.74, 6) is 0.644. The van der Waals surface area contributed by atoms with Crippen LogP contribution in [0.2, 0.25) is 0 Å². The van der Waals surface area contributed by atoms with Gasteiger partial charge in [0.2, 0.25) is 0 Å². The molecule has 0 spiro atoms. The largest absolute Gasteiger partial charge is 0.356 e. The molecule has 15 heavy (non-hydrogen) atoms. The standard InChI is InChI=1S/C12H26O2S/c1-10(9-11(13-4)14-5)7-6-8-12(2,3)15/h10-11,15H,6-9H2,1-5H3. The molecule has 0 heterocycles. The molecule has 0 aliphatic heterocycles. The fourth-order valence-electron chi connectivity index (χ4n) is 1.62. The summed E-state index contributed by atoms with van der Waals surface area (Å²) in [6.07, 6.45) is 4.51. The predicted octanol–water partition coefficient (Wildman–Crippen LogP) is 3.51. The smallest absolute Gasteiger partial charge is 0.157 e. The van der Waals surface area contributed by atoms with E-state index in [0.717, 1.165) is 12.8 Å². The lowest BCUT2D eigenvalue weighted by Gasteiger charge is -2.21. The lowest BCUT2D eigenvalue weighted by molar-refractivity contribution is -0.113. The van der Waals surface area contributed by atoms with Gasteiger partial charge in [-0.05, 0) is 12.3 Å². The van der Waals surface area contributed by atoms with Gasteiger partial charge in [-0.25, -0.2) is 0 Å². The topological polar surface area (TPSA) is 18.5 Å². The lowest BCUT2D eigenvalue weighted by Crippen LogP contribution is -2.17. The number of hydrogen-bond acceptors (Lipinski definition) is 3.